The minimum absolute atomic E-state index is 0.864. The van der Waals surface area contributed by atoms with Gasteiger partial charge in [0.15, 0.2) is 0 Å². The highest BCUT2D eigenvalue weighted by Gasteiger charge is 2.30. The molecule has 0 spiro atoms. The molecule has 1 aliphatic carbocycles. The van der Waals surface area contributed by atoms with Gasteiger partial charge in [0.25, 0.3) is 0 Å². The first-order valence-corrected chi connectivity index (χ1v) is 8.76. The Morgan fingerprint density at radius 2 is 1.32 bits per heavy atom. The Bertz CT molecular complexity index is 204. The third-order valence-electron chi connectivity index (χ3n) is 5.40. The molecule has 0 aromatic carbocycles. The molecule has 0 heterocycles. The van der Waals surface area contributed by atoms with Gasteiger partial charge in [0.05, 0.1) is 0 Å². The minimum Gasteiger partial charge on any atom is -0.330 e. The standard InChI is InChI=1S/C18H37N/c1-14(2)17-11-9-16(8-6-5-7-13-19)10-12-18(17)15(3)4/h14-18H,5-13,19H2,1-4H3/t16?,17-,18+. The zero-order valence-electron chi connectivity index (χ0n) is 13.8. The van der Waals surface area contributed by atoms with Crippen molar-refractivity contribution in [1.29, 1.82) is 0 Å². The van der Waals surface area contributed by atoms with E-state index in [2.05, 4.69) is 27.7 Å². The Balaban J connectivity index is 2.42. The molecule has 114 valence electrons. The molecule has 0 aromatic rings. The summed E-state index contributed by atoms with van der Waals surface area (Å²) in [4.78, 5) is 0. The summed E-state index contributed by atoms with van der Waals surface area (Å²) in [5, 5.41) is 0. The topological polar surface area (TPSA) is 26.0 Å². The highest BCUT2D eigenvalue weighted by molar-refractivity contribution is 4.81. The van der Waals surface area contributed by atoms with E-state index < -0.39 is 0 Å². The molecule has 1 nitrogen and oxygen atoms in total. The summed E-state index contributed by atoms with van der Waals surface area (Å²) < 4.78 is 0. The maximum atomic E-state index is 5.58. The highest BCUT2D eigenvalue weighted by Crippen LogP contribution is 2.41. The van der Waals surface area contributed by atoms with Crippen LogP contribution in [0.5, 0.6) is 0 Å². The average molecular weight is 268 g/mol. The lowest BCUT2D eigenvalue weighted by Gasteiger charge is -2.31. The molecule has 2 N–H and O–H groups in total. The molecule has 0 aliphatic heterocycles. The van der Waals surface area contributed by atoms with Crippen molar-refractivity contribution in [3.05, 3.63) is 0 Å². The molecule has 1 unspecified atom stereocenters. The molecule has 0 bridgehead atoms. The van der Waals surface area contributed by atoms with Crippen LogP contribution in [-0.2, 0) is 0 Å². The second-order valence-corrected chi connectivity index (χ2v) is 7.47. The Morgan fingerprint density at radius 1 is 0.789 bits per heavy atom. The maximum Gasteiger partial charge on any atom is -0.00773 e. The Morgan fingerprint density at radius 3 is 1.74 bits per heavy atom. The molecule has 1 fully saturated rings. The van der Waals surface area contributed by atoms with E-state index >= 15 is 0 Å². The van der Waals surface area contributed by atoms with Crippen LogP contribution in [0.2, 0.25) is 0 Å². The van der Waals surface area contributed by atoms with Crippen molar-refractivity contribution in [2.24, 2.45) is 35.3 Å². The van der Waals surface area contributed by atoms with Gasteiger partial charge in [-0.05, 0) is 55.4 Å². The SMILES string of the molecule is CC(C)[C@H]1CCC(CCCCCN)CC[C@H]1C(C)C. The Labute approximate surface area is 121 Å². The van der Waals surface area contributed by atoms with Crippen molar-refractivity contribution < 1.29 is 0 Å². The third-order valence-corrected chi connectivity index (χ3v) is 5.40. The highest BCUT2D eigenvalue weighted by atomic mass is 14.5. The first kappa shape index (κ1) is 17.0. The number of rotatable bonds is 7. The van der Waals surface area contributed by atoms with Gasteiger partial charge in [-0.3, -0.25) is 0 Å². The van der Waals surface area contributed by atoms with Gasteiger partial charge in [-0.1, -0.05) is 59.8 Å². The van der Waals surface area contributed by atoms with Gasteiger partial charge in [0.2, 0.25) is 0 Å². The molecular formula is C18H37N. The lowest BCUT2D eigenvalue weighted by Crippen LogP contribution is -2.23. The fraction of sp³-hybridized carbons (Fsp3) is 1.00. The van der Waals surface area contributed by atoms with Gasteiger partial charge in [0, 0.05) is 0 Å². The van der Waals surface area contributed by atoms with Crippen molar-refractivity contribution in [2.75, 3.05) is 6.54 Å². The zero-order valence-corrected chi connectivity index (χ0v) is 13.8. The van der Waals surface area contributed by atoms with Crippen molar-refractivity contribution in [1.82, 2.24) is 0 Å². The molecule has 1 heteroatoms. The van der Waals surface area contributed by atoms with Crippen molar-refractivity contribution in [3.63, 3.8) is 0 Å². The van der Waals surface area contributed by atoms with Crippen LogP contribution in [0.1, 0.15) is 79.1 Å². The van der Waals surface area contributed by atoms with Crippen LogP contribution in [0.25, 0.3) is 0 Å². The molecule has 1 saturated carbocycles. The van der Waals surface area contributed by atoms with E-state index in [9.17, 15) is 0 Å². The molecule has 3 atom stereocenters. The van der Waals surface area contributed by atoms with E-state index in [4.69, 9.17) is 5.73 Å². The second-order valence-electron chi connectivity index (χ2n) is 7.47. The number of unbranched alkanes of at least 4 members (excludes halogenated alkanes) is 2. The molecular weight excluding hydrogens is 230 g/mol. The molecule has 0 amide bonds. The smallest absolute Gasteiger partial charge is 0.00773 e. The molecule has 1 aliphatic rings. The lowest BCUT2D eigenvalue weighted by atomic mass is 9.74. The summed E-state index contributed by atoms with van der Waals surface area (Å²) in [5.41, 5.74) is 5.58. The molecule has 19 heavy (non-hydrogen) atoms. The summed E-state index contributed by atoms with van der Waals surface area (Å²) >= 11 is 0. The molecule has 0 saturated heterocycles. The normalized spacial score (nSPS) is 28.9. The zero-order chi connectivity index (χ0) is 14.3. The lowest BCUT2D eigenvalue weighted by molar-refractivity contribution is 0.184. The first-order valence-electron chi connectivity index (χ1n) is 8.76. The van der Waals surface area contributed by atoms with Gasteiger partial charge >= 0.3 is 0 Å². The number of nitrogens with two attached hydrogens (primary N) is 1. The van der Waals surface area contributed by atoms with Crippen LogP contribution in [0.4, 0.5) is 0 Å². The molecule has 0 radical (unpaired) electrons. The largest absolute Gasteiger partial charge is 0.330 e. The van der Waals surface area contributed by atoms with Gasteiger partial charge in [0.1, 0.15) is 0 Å². The van der Waals surface area contributed by atoms with Crippen LogP contribution in [0.15, 0.2) is 0 Å². The molecule has 1 rings (SSSR count). The average Bonchev–Trinajstić information content (AvgIpc) is 2.57. The number of hydrogen-bond donors (Lipinski definition) is 1. The summed E-state index contributed by atoms with van der Waals surface area (Å²) in [6.07, 6.45) is 11.3. The Kier molecular flexibility index (Phi) is 8.06. The monoisotopic (exact) mass is 267 g/mol. The van der Waals surface area contributed by atoms with Crippen LogP contribution >= 0.6 is 0 Å². The van der Waals surface area contributed by atoms with Gasteiger partial charge in [-0.15, -0.1) is 0 Å². The summed E-state index contributed by atoms with van der Waals surface area (Å²) in [6, 6.07) is 0. The summed E-state index contributed by atoms with van der Waals surface area (Å²) in [7, 11) is 0. The van der Waals surface area contributed by atoms with Crippen molar-refractivity contribution >= 4 is 0 Å². The van der Waals surface area contributed by atoms with Crippen LogP contribution in [0.3, 0.4) is 0 Å². The van der Waals surface area contributed by atoms with E-state index in [1.165, 1.54) is 51.4 Å². The molecule has 0 aromatic heterocycles. The maximum absolute atomic E-state index is 5.58. The van der Waals surface area contributed by atoms with Crippen LogP contribution in [-0.4, -0.2) is 6.54 Å². The minimum atomic E-state index is 0.864. The van der Waals surface area contributed by atoms with Crippen LogP contribution in [0, 0.1) is 29.6 Å². The predicted octanol–water partition coefficient (Wildman–Crippen LogP) is 5.24. The quantitative estimate of drug-likeness (QED) is 0.495. The van der Waals surface area contributed by atoms with E-state index in [1.807, 2.05) is 0 Å². The fourth-order valence-electron chi connectivity index (χ4n) is 4.13. The first-order chi connectivity index (χ1) is 9.06. The fourth-order valence-corrected chi connectivity index (χ4v) is 4.13. The third kappa shape index (κ3) is 5.85. The van der Waals surface area contributed by atoms with Gasteiger partial charge in [-0.2, -0.15) is 0 Å². The van der Waals surface area contributed by atoms with E-state index in [1.54, 1.807) is 0 Å². The summed E-state index contributed by atoms with van der Waals surface area (Å²) in [6.45, 7) is 10.6. The summed E-state index contributed by atoms with van der Waals surface area (Å²) in [5.74, 6) is 4.66. The van der Waals surface area contributed by atoms with E-state index in [0.29, 0.717) is 0 Å². The second kappa shape index (κ2) is 9.00. The van der Waals surface area contributed by atoms with Crippen molar-refractivity contribution in [2.45, 2.75) is 79.1 Å². The van der Waals surface area contributed by atoms with E-state index in [0.717, 1.165) is 36.1 Å². The number of hydrogen-bond acceptors (Lipinski definition) is 1. The van der Waals surface area contributed by atoms with Gasteiger partial charge in [-0.25, -0.2) is 0 Å². The Hall–Kier alpha value is -0.0400. The van der Waals surface area contributed by atoms with Gasteiger partial charge < -0.3 is 5.73 Å². The van der Waals surface area contributed by atoms with Crippen molar-refractivity contribution in [3.8, 4) is 0 Å². The van der Waals surface area contributed by atoms with E-state index in [-0.39, 0.29) is 0 Å². The predicted molar refractivity (Wildman–Crippen MR) is 86.1 cm³/mol. The van der Waals surface area contributed by atoms with Crippen LogP contribution < -0.4 is 5.73 Å².